The average molecular weight is 220 g/mol. The first-order valence-corrected chi connectivity index (χ1v) is 5.29. The third-order valence-corrected chi connectivity index (χ3v) is 3.08. The molecule has 1 aromatic carbocycles. The molecule has 1 fully saturated rings. The number of nitrogens with two attached hydrogens (primary N) is 1. The maximum atomic E-state index is 11.6. The third-order valence-electron chi connectivity index (χ3n) is 3.08. The van der Waals surface area contributed by atoms with Gasteiger partial charge in [0.2, 0.25) is 5.91 Å². The van der Waals surface area contributed by atoms with Gasteiger partial charge in [-0.25, -0.2) is 0 Å². The smallest absolute Gasteiger partial charge is 0.224 e. The van der Waals surface area contributed by atoms with Gasteiger partial charge in [-0.05, 0) is 6.07 Å². The summed E-state index contributed by atoms with van der Waals surface area (Å²) in [6, 6.07) is 7.45. The normalized spacial score (nSPS) is 24.9. The molecule has 0 bridgehead atoms. The van der Waals surface area contributed by atoms with E-state index in [4.69, 9.17) is 10.5 Å². The van der Waals surface area contributed by atoms with Crippen molar-refractivity contribution < 1.29 is 9.53 Å². The first-order valence-electron chi connectivity index (χ1n) is 5.29. The van der Waals surface area contributed by atoms with Gasteiger partial charge in [-0.1, -0.05) is 18.2 Å². The Balaban J connectivity index is 2.40. The molecule has 4 heteroatoms. The van der Waals surface area contributed by atoms with E-state index in [9.17, 15) is 4.79 Å². The lowest BCUT2D eigenvalue weighted by molar-refractivity contribution is -0.127. The van der Waals surface area contributed by atoms with E-state index in [1.165, 1.54) is 0 Å². The molecule has 0 aromatic heterocycles. The van der Waals surface area contributed by atoms with Gasteiger partial charge in [-0.15, -0.1) is 0 Å². The molecular weight excluding hydrogens is 204 g/mol. The molecule has 1 saturated heterocycles. The van der Waals surface area contributed by atoms with E-state index in [1.807, 2.05) is 24.3 Å². The fourth-order valence-electron chi connectivity index (χ4n) is 2.25. The molecule has 4 nitrogen and oxygen atoms in total. The van der Waals surface area contributed by atoms with Crippen LogP contribution in [0.3, 0.4) is 0 Å². The van der Waals surface area contributed by atoms with Gasteiger partial charge in [0.15, 0.2) is 0 Å². The van der Waals surface area contributed by atoms with Crippen LogP contribution in [0.2, 0.25) is 0 Å². The molecule has 1 aromatic rings. The number of nitrogens with zero attached hydrogens (tertiary/aromatic N) is 1. The molecule has 2 rings (SSSR count). The predicted molar refractivity (Wildman–Crippen MR) is 61.1 cm³/mol. The molecule has 1 aliphatic rings. The summed E-state index contributed by atoms with van der Waals surface area (Å²) in [4.78, 5) is 13.3. The Morgan fingerprint density at radius 1 is 1.44 bits per heavy atom. The van der Waals surface area contributed by atoms with Crippen molar-refractivity contribution in [3.05, 3.63) is 29.8 Å². The van der Waals surface area contributed by atoms with Crippen molar-refractivity contribution in [1.29, 1.82) is 0 Å². The Morgan fingerprint density at radius 3 is 2.69 bits per heavy atom. The molecule has 16 heavy (non-hydrogen) atoms. The summed E-state index contributed by atoms with van der Waals surface area (Å²) < 4.78 is 5.30. The summed E-state index contributed by atoms with van der Waals surface area (Å²) >= 11 is 0. The van der Waals surface area contributed by atoms with E-state index in [2.05, 4.69) is 0 Å². The minimum Gasteiger partial charge on any atom is -0.496 e. The highest BCUT2D eigenvalue weighted by molar-refractivity contribution is 5.80. The quantitative estimate of drug-likeness (QED) is 0.806. The average Bonchev–Trinajstić information content (AvgIpc) is 2.53. The molecule has 1 aliphatic heterocycles. The number of benzene rings is 1. The van der Waals surface area contributed by atoms with Gasteiger partial charge in [-0.3, -0.25) is 4.79 Å². The number of likely N-dealkylation sites (N-methyl/N-ethyl adjacent to an activating group) is 1. The van der Waals surface area contributed by atoms with Crippen LogP contribution in [0.15, 0.2) is 24.3 Å². The highest BCUT2D eigenvalue weighted by Gasteiger charge is 2.37. The highest BCUT2D eigenvalue weighted by atomic mass is 16.5. The molecule has 2 unspecified atom stereocenters. The zero-order chi connectivity index (χ0) is 11.7. The zero-order valence-corrected chi connectivity index (χ0v) is 9.51. The SMILES string of the molecule is COc1ccccc1C1C(N)CC(=O)N1C. The number of ether oxygens (including phenoxy) is 1. The number of methoxy groups -OCH3 is 1. The lowest BCUT2D eigenvalue weighted by atomic mass is 10.00. The second-order valence-corrected chi connectivity index (χ2v) is 4.06. The van der Waals surface area contributed by atoms with E-state index >= 15 is 0 Å². The molecule has 1 heterocycles. The molecule has 0 aliphatic carbocycles. The van der Waals surface area contributed by atoms with E-state index in [0.29, 0.717) is 6.42 Å². The molecule has 2 atom stereocenters. The minimum absolute atomic E-state index is 0.0800. The molecular formula is C12H16N2O2. The van der Waals surface area contributed by atoms with E-state index in [-0.39, 0.29) is 18.0 Å². The lowest BCUT2D eigenvalue weighted by Gasteiger charge is -2.24. The van der Waals surface area contributed by atoms with E-state index in [1.54, 1.807) is 19.1 Å². The maximum Gasteiger partial charge on any atom is 0.224 e. The summed E-state index contributed by atoms with van der Waals surface area (Å²) in [6.07, 6.45) is 0.402. The fraction of sp³-hybridized carbons (Fsp3) is 0.417. The predicted octanol–water partition coefficient (Wildman–Crippen LogP) is 0.926. The van der Waals surface area contributed by atoms with Gasteiger partial charge < -0.3 is 15.4 Å². The van der Waals surface area contributed by atoms with Gasteiger partial charge in [0, 0.05) is 25.1 Å². The number of para-hydroxylation sites is 1. The van der Waals surface area contributed by atoms with Gasteiger partial charge in [0.25, 0.3) is 0 Å². The van der Waals surface area contributed by atoms with Gasteiger partial charge in [0.1, 0.15) is 5.75 Å². The molecule has 1 amide bonds. The number of amides is 1. The topological polar surface area (TPSA) is 55.6 Å². The van der Waals surface area contributed by atoms with Crippen LogP contribution >= 0.6 is 0 Å². The van der Waals surface area contributed by atoms with E-state index < -0.39 is 0 Å². The Hall–Kier alpha value is -1.55. The van der Waals surface area contributed by atoms with Crippen molar-refractivity contribution >= 4 is 5.91 Å². The van der Waals surface area contributed by atoms with Crippen LogP contribution in [0.25, 0.3) is 0 Å². The minimum atomic E-state index is -0.159. The van der Waals surface area contributed by atoms with Gasteiger partial charge in [-0.2, -0.15) is 0 Å². The van der Waals surface area contributed by atoms with Crippen molar-refractivity contribution in [3.63, 3.8) is 0 Å². The molecule has 86 valence electrons. The van der Waals surface area contributed by atoms with Crippen LogP contribution in [0.1, 0.15) is 18.0 Å². The Morgan fingerprint density at radius 2 is 2.12 bits per heavy atom. The number of carbonyl (C=O) groups excluding carboxylic acids is 1. The molecule has 0 saturated carbocycles. The van der Waals surface area contributed by atoms with E-state index in [0.717, 1.165) is 11.3 Å². The van der Waals surface area contributed by atoms with Crippen molar-refractivity contribution in [1.82, 2.24) is 4.90 Å². The van der Waals surface area contributed by atoms with Crippen LogP contribution in [-0.4, -0.2) is 31.0 Å². The second kappa shape index (κ2) is 4.14. The Labute approximate surface area is 95.0 Å². The van der Waals surface area contributed by atoms with Crippen molar-refractivity contribution in [2.45, 2.75) is 18.5 Å². The second-order valence-electron chi connectivity index (χ2n) is 4.06. The zero-order valence-electron chi connectivity index (χ0n) is 9.51. The standard InChI is InChI=1S/C12H16N2O2/c1-14-11(15)7-9(13)12(14)8-5-3-4-6-10(8)16-2/h3-6,9,12H,7,13H2,1-2H3. The first kappa shape index (κ1) is 11.0. The summed E-state index contributed by atoms with van der Waals surface area (Å²) in [5.74, 6) is 0.868. The van der Waals surface area contributed by atoms with Crippen LogP contribution in [-0.2, 0) is 4.79 Å². The number of likely N-dealkylation sites (tertiary alicyclic amines) is 1. The summed E-state index contributed by atoms with van der Waals surface area (Å²) in [7, 11) is 3.41. The van der Waals surface area contributed by atoms with Crippen molar-refractivity contribution in [2.75, 3.05) is 14.2 Å². The van der Waals surface area contributed by atoms with Crippen LogP contribution in [0, 0.1) is 0 Å². The number of carbonyl (C=O) groups is 1. The Bertz CT molecular complexity index is 406. The fourth-order valence-corrected chi connectivity index (χ4v) is 2.25. The van der Waals surface area contributed by atoms with Crippen LogP contribution in [0.4, 0.5) is 0 Å². The molecule has 0 radical (unpaired) electrons. The summed E-state index contributed by atoms with van der Waals surface area (Å²) in [6.45, 7) is 0. The maximum absolute atomic E-state index is 11.6. The number of rotatable bonds is 2. The van der Waals surface area contributed by atoms with Crippen molar-refractivity contribution in [2.24, 2.45) is 5.73 Å². The number of hydrogen-bond acceptors (Lipinski definition) is 3. The van der Waals surface area contributed by atoms with Gasteiger partial charge in [0.05, 0.1) is 13.2 Å². The van der Waals surface area contributed by atoms with Crippen LogP contribution < -0.4 is 10.5 Å². The lowest BCUT2D eigenvalue weighted by Crippen LogP contribution is -2.30. The third kappa shape index (κ3) is 1.65. The monoisotopic (exact) mass is 220 g/mol. The summed E-state index contributed by atoms with van der Waals surface area (Å²) in [5, 5.41) is 0. The molecule has 0 spiro atoms. The summed E-state index contributed by atoms with van der Waals surface area (Å²) in [5.41, 5.74) is 6.98. The Kier molecular flexibility index (Phi) is 2.83. The largest absolute Gasteiger partial charge is 0.496 e. The highest BCUT2D eigenvalue weighted by Crippen LogP contribution is 2.35. The number of hydrogen-bond donors (Lipinski definition) is 1. The van der Waals surface area contributed by atoms with Crippen LogP contribution in [0.5, 0.6) is 5.75 Å². The van der Waals surface area contributed by atoms with Gasteiger partial charge >= 0.3 is 0 Å². The van der Waals surface area contributed by atoms with Crippen molar-refractivity contribution in [3.8, 4) is 5.75 Å². The molecule has 2 N–H and O–H groups in total. The first-order chi connectivity index (χ1) is 7.65.